The van der Waals surface area contributed by atoms with E-state index in [2.05, 4.69) is 27.7 Å². The maximum Gasteiger partial charge on any atom is 0.305 e. The van der Waals surface area contributed by atoms with Gasteiger partial charge < -0.3 is 9.84 Å². The molecule has 0 bridgehead atoms. The molecule has 170 valence electrons. The van der Waals surface area contributed by atoms with Gasteiger partial charge in [-0.15, -0.1) is 0 Å². The van der Waals surface area contributed by atoms with E-state index < -0.39 is 0 Å². The number of ether oxygens (including phenoxy) is 1. The van der Waals surface area contributed by atoms with Crippen molar-refractivity contribution < 1.29 is 19.4 Å². The summed E-state index contributed by atoms with van der Waals surface area (Å²) >= 11 is 0. The first-order valence-corrected chi connectivity index (χ1v) is 12.3. The van der Waals surface area contributed by atoms with Crippen molar-refractivity contribution in [3.63, 3.8) is 0 Å². The summed E-state index contributed by atoms with van der Waals surface area (Å²) in [5, 5.41) is 10.4. The Kier molecular flexibility index (Phi) is 5.65. The lowest BCUT2D eigenvalue weighted by Crippen LogP contribution is -2.62. The van der Waals surface area contributed by atoms with Crippen molar-refractivity contribution >= 4 is 11.8 Å². The van der Waals surface area contributed by atoms with Crippen LogP contribution < -0.4 is 0 Å². The van der Waals surface area contributed by atoms with Crippen LogP contribution >= 0.6 is 0 Å². The van der Waals surface area contributed by atoms with Crippen molar-refractivity contribution in [2.45, 2.75) is 98.0 Å². The summed E-state index contributed by atoms with van der Waals surface area (Å²) in [5.74, 6) is 3.20. The lowest BCUT2D eigenvalue weighted by atomic mass is 9.40. The number of carbonyl (C=O) groups is 2. The van der Waals surface area contributed by atoms with Gasteiger partial charge in [0.05, 0.1) is 13.2 Å². The fourth-order valence-corrected chi connectivity index (χ4v) is 9.00. The maximum absolute atomic E-state index is 13.5. The average Bonchev–Trinajstić information content (AvgIpc) is 3.06. The molecule has 4 aliphatic rings. The first-order chi connectivity index (χ1) is 14.1. The van der Waals surface area contributed by atoms with Crippen molar-refractivity contribution in [1.82, 2.24) is 0 Å². The number of esters is 1. The molecule has 1 N–H and O–H groups in total. The number of Topliss-reactive ketones (excluding diaryl/α,β-unsaturated/α-hetero) is 1. The number of rotatable bonds is 4. The molecule has 9 atom stereocenters. The molecule has 0 saturated heterocycles. The van der Waals surface area contributed by atoms with Crippen LogP contribution in [0.3, 0.4) is 0 Å². The second-order valence-corrected chi connectivity index (χ2v) is 12.0. The summed E-state index contributed by atoms with van der Waals surface area (Å²) in [6.07, 6.45) is 9.22. The molecule has 0 spiro atoms. The molecule has 0 aromatic carbocycles. The third-order valence-electron chi connectivity index (χ3n) is 11.0. The minimum absolute atomic E-state index is 0.0299. The fourth-order valence-electron chi connectivity index (χ4n) is 9.00. The van der Waals surface area contributed by atoms with Gasteiger partial charge in [-0.05, 0) is 91.8 Å². The Morgan fingerprint density at radius 2 is 1.87 bits per heavy atom. The summed E-state index contributed by atoms with van der Waals surface area (Å²) in [6, 6.07) is 0. The largest absolute Gasteiger partial charge is 0.469 e. The molecule has 0 aliphatic heterocycles. The number of methoxy groups -OCH3 is 1. The molecule has 0 aromatic rings. The van der Waals surface area contributed by atoms with Gasteiger partial charge in [0.2, 0.25) is 0 Å². The highest BCUT2D eigenvalue weighted by Gasteiger charge is 2.66. The number of hydrogen-bond acceptors (Lipinski definition) is 4. The lowest BCUT2D eigenvalue weighted by molar-refractivity contribution is -0.182. The molecule has 0 aromatic heterocycles. The molecule has 4 aliphatic carbocycles. The number of hydrogen-bond donors (Lipinski definition) is 1. The molecule has 0 heterocycles. The van der Waals surface area contributed by atoms with Crippen molar-refractivity contribution in [3.05, 3.63) is 0 Å². The highest BCUT2D eigenvalue weighted by molar-refractivity contribution is 5.87. The van der Waals surface area contributed by atoms with Crippen LogP contribution in [0.4, 0.5) is 0 Å². The zero-order chi connectivity index (χ0) is 21.9. The molecular weight excluding hydrogens is 376 g/mol. The summed E-state index contributed by atoms with van der Waals surface area (Å²) in [7, 11) is 1.47. The van der Waals surface area contributed by atoms with Gasteiger partial charge >= 0.3 is 5.97 Å². The SMILES string of the molecule is COC(=O)CC[C@@H](C)[C@H]1CCC2C3CC(=O)[C@@]4(C)C[C@H](O)CC[C@]4(C)C3CC[C@@]21C. The van der Waals surface area contributed by atoms with E-state index in [4.69, 9.17) is 4.74 Å². The summed E-state index contributed by atoms with van der Waals surface area (Å²) < 4.78 is 4.86. The van der Waals surface area contributed by atoms with Gasteiger partial charge in [-0.25, -0.2) is 0 Å². The van der Waals surface area contributed by atoms with E-state index in [1.54, 1.807) is 0 Å². The van der Waals surface area contributed by atoms with Gasteiger partial charge in [0.15, 0.2) is 0 Å². The second-order valence-electron chi connectivity index (χ2n) is 12.0. The highest BCUT2D eigenvalue weighted by Crippen LogP contribution is 2.70. The van der Waals surface area contributed by atoms with Crippen molar-refractivity contribution in [2.75, 3.05) is 7.11 Å². The lowest BCUT2D eigenvalue weighted by Gasteiger charge is -2.64. The van der Waals surface area contributed by atoms with Crippen LogP contribution in [0.1, 0.15) is 91.9 Å². The van der Waals surface area contributed by atoms with Gasteiger partial charge in [0, 0.05) is 18.3 Å². The van der Waals surface area contributed by atoms with Crippen LogP contribution in [0.2, 0.25) is 0 Å². The second kappa shape index (κ2) is 7.60. The molecule has 4 saturated carbocycles. The number of aliphatic hydroxyl groups excluding tert-OH is 1. The maximum atomic E-state index is 13.5. The van der Waals surface area contributed by atoms with Crippen LogP contribution in [0.15, 0.2) is 0 Å². The molecule has 4 rings (SSSR count). The minimum Gasteiger partial charge on any atom is -0.469 e. The quantitative estimate of drug-likeness (QED) is 0.640. The van der Waals surface area contributed by atoms with Gasteiger partial charge in [-0.3, -0.25) is 9.59 Å². The first kappa shape index (κ1) is 22.3. The normalized spacial score (nSPS) is 49.0. The molecule has 3 unspecified atom stereocenters. The van der Waals surface area contributed by atoms with Crippen LogP contribution in [-0.4, -0.2) is 30.1 Å². The Balaban J connectivity index is 1.56. The Morgan fingerprint density at radius 3 is 2.57 bits per heavy atom. The number of ketones is 1. The summed E-state index contributed by atoms with van der Waals surface area (Å²) in [5.41, 5.74) is -0.0389. The molecule has 4 nitrogen and oxygen atoms in total. The number of carbonyl (C=O) groups excluding carboxylic acids is 2. The third-order valence-corrected chi connectivity index (χ3v) is 11.0. The molecule has 4 heteroatoms. The van der Waals surface area contributed by atoms with E-state index in [1.807, 2.05) is 0 Å². The minimum atomic E-state index is -0.356. The number of aliphatic hydroxyl groups is 1. The molecule has 30 heavy (non-hydrogen) atoms. The molecule has 4 fully saturated rings. The topological polar surface area (TPSA) is 63.6 Å². The molecule has 0 amide bonds. The zero-order valence-corrected chi connectivity index (χ0v) is 19.7. The Bertz CT molecular complexity index is 703. The van der Waals surface area contributed by atoms with E-state index in [9.17, 15) is 14.7 Å². The Labute approximate surface area is 182 Å². The predicted molar refractivity (Wildman–Crippen MR) is 117 cm³/mol. The third kappa shape index (κ3) is 3.11. The smallest absolute Gasteiger partial charge is 0.305 e. The van der Waals surface area contributed by atoms with Crippen molar-refractivity contribution in [1.29, 1.82) is 0 Å². The van der Waals surface area contributed by atoms with Crippen LogP contribution in [0, 0.1) is 45.8 Å². The van der Waals surface area contributed by atoms with Crippen LogP contribution in [-0.2, 0) is 14.3 Å². The van der Waals surface area contributed by atoms with Gasteiger partial charge in [0.1, 0.15) is 5.78 Å². The Hall–Kier alpha value is -0.900. The fraction of sp³-hybridized carbons (Fsp3) is 0.923. The zero-order valence-electron chi connectivity index (χ0n) is 19.7. The van der Waals surface area contributed by atoms with E-state index in [0.717, 1.165) is 19.3 Å². The predicted octanol–water partition coefficient (Wildman–Crippen LogP) is 5.16. The van der Waals surface area contributed by atoms with Crippen molar-refractivity contribution in [3.8, 4) is 0 Å². The summed E-state index contributed by atoms with van der Waals surface area (Å²) in [4.78, 5) is 25.2. The van der Waals surface area contributed by atoms with Crippen LogP contribution in [0.5, 0.6) is 0 Å². The first-order valence-electron chi connectivity index (χ1n) is 12.3. The van der Waals surface area contributed by atoms with Gasteiger partial charge in [0.25, 0.3) is 0 Å². The van der Waals surface area contributed by atoms with E-state index in [1.165, 1.54) is 32.8 Å². The molecule has 0 radical (unpaired) electrons. The van der Waals surface area contributed by atoms with Crippen LogP contribution in [0.25, 0.3) is 0 Å². The monoisotopic (exact) mass is 418 g/mol. The van der Waals surface area contributed by atoms with E-state index >= 15 is 0 Å². The van der Waals surface area contributed by atoms with Gasteiger partial charge in [-0.2, -0.15) is 0 Å². The summed E-state index contributed by atoms with van der Waals surface area (Å²) in [6.45, 7) is 9.35. The molecular formula is C26H42O4. The average molecular weight is 419 g/mol. The standard InChI is InChI=1S/C26H42O4/c1-16(6-9-23(29)30-5)19-7-8-20-18-14-22(28)26(4)15-17(27)10-13-25(26,3)21(18)11-12-24(19,20)2/h16-21,27H,6-15H2,1-5H3/t16-,17-,18?,19-,20?,21?,24-,25-,26-/m1/s1. The Morgan fingerprint density at radius 1 is 1.13 bits per heavy atom. The van der Waals surface area contributed by atoms with E-state index in [-0.39, 0.29) is 28.3 Å². The van der Waals surface area contributed by atoms with E-state index in [0.29, 0.717) is 54.6 Å². The van der Waals surface area contributed by atoms with Crippen molar-refractivity contribution in [2.24, 2.45) is 45.8 Å². The van der Waals surface area contributed by atoms with Gasteiger partial charge in [-0.1, -0.05) is 27.7 Å². The number of fused-ring (bicyclic) bond motifs is 5. The highest BCUT2D eigenvalue weighted by atomic mass is 16.5.